The lowest BCUT2D eigenvalue weighted by molar-refractivity contribution is 0.628. The SMILES string of the molecule is Brc1ccc2c(c1)C(c1ccccc1)(c1ccccc1)c1c-2oc2ccccc12. The summed E-state index contributed by atoms with van der Waals surface area (Å²) in [4.78, 5) is 0. The molecule has 0 aliphatic heterocycles. The average molecular weight is 437 g/mol. The van der Waals surface area contributed by atoms with Gasteiger partial charge in [0.15, 0.2) is 0 Å². The lowest BCUT2D eigenvalue weighted by atomic mass is 9.67. The van der Waals surface area contributed by atoms with Crippen molar-refractivity contribution in [2.45, 2.75) is 5.41 Å². The minimum Gasteiger partial charge on any atom is -0.456 e. The molecule has 0 bridgehead atoms. The lowest BCUT2D eigenvalue weighted by Crippen LogP contribution is -2.28. The first-order chi connectivity index (χ1) is 14.3. The van der Waals surface area contributed by atoms with Crippen LogP contribution in [0.25, 0.3) is 22.3 Å². The van der Waals surface area contributed by atoms with Crippen LogP contribution in [-0.2, 0) is 5.41 Å². The molecule has 0 fully saturated rings. The Hall–Kier alpha value is -3.10. The van der Waals surface area contributed by atoms with E-state index < -0.39 is 5.41 Å². The van der Waals surface area contributed by atoms with Gasteiger partial charge in [-0.15, -0.1) is 0 Å². The molecule has 0 atom stereocenters. The van der Waals surface area contributed by atoms with E-state index in [-0.39, 0.29) is 0 Å². The molecule has 1 aromatic heterocycles. The van der Waals surface area contributed by atoms with Crippen LogP contribution in [0.15, 0.2) is 112 Å². The van der Waals surface area contributed by atoms with Gasteiger partial charge in [0.25, 0.3) is 0 Å². The molecule has 1 aliphatic rings. The first-order valence-electron chi connectivity index (χ1n) is 9.73. The largest absolute Gasteiger partial charge is 0.456 e. The van der Waals surface area contributed by atoms with Crippen molar-refractivity contribution in [2.24, 2.45) is 0 Å². The first kappa shape index (κ1) is 16.8. The van der Waals surface area contributed by atoms with Crippen molar-refractivity contribution in [3.05, 3.63) is 130 Å². The molecule has 0 spiro atoms. The first-order valence-corrected chi connectivity index (χ1v) is 10.5. The number of furan rings is 1. The van der Waals surface area contributed by atoms with Gasteiger partial charge in [-0.05, 0) is 41.0 Å². The molecule has 2 heteroatoms. The van der Waals surface area contributed by atoms with Crippen molar-refractivity contribution >= 4 is 26.9 Å². The van der Waals surface area contributed by atoms with Gasteiger partial charge < -0.3 is 4.42 Å². The molecule has 0 saturated heterocycles. The van der Waals surface area contributed by atoms with Gasteiger partial charge in [-0.1, -0.05) is 94.8 Å². The molecule has 1 nitrogen and oxygen atoms in total. The maximum Gasteiger partial charge on any atom is 0.140 e. The highest BCUT2D eigenvalue weighted by atomic mass is 79.9. The summed E-state index contributed by atoms with van der Waals surface area (Å²) in [5.41, 5.74) is 6.65. The van der Waals surface area contributed by atoms with Crippen LogP contribution in [0.4, 0.5) is 0 Å². The maximum atomic E-state index is 6.46. The van der Waals surface area contributed by atoms with E-state index in [9.17, 15) is 0 Å². The second kappa shape index (κ2) is 6.20. The monoisotopic (exact) mass is 436 g/mol. The normalized spacial score (nSPS) is 14.0. The van der Waals surface area contributed by atoms with Crippen molar-refractivity contribution < 1.29 is 4.42 Å². The third-order valence-electron chi connectivity index (χ3n) is 6.01. The quantitative estimate of drug-likeness (QED) is 0.273. The summed E-state index contributed by atoms with van der Waals surface area (Å²) in [6.07, 6.45) is 0. The summed E-state index contributed by atoms with van der Waals surface area (Å²) in [6.45, 7) is 0. The molecule has 4 aromatic carbocycles. The molecular formula is C27H17BrO. The van der Waals surface area contributed by atoms with Crippen molar-refractivity contribution in [2.75, 3.05) is 0 Å². The van der Waals surface area contributed by atoms with Crippen molar-refractivity contribution in [3.63, 3.8) is 0 Å². The zero-order valence-corrected chi connectivity index (χ0v) is 17.2. The maximum absolute atomic E-state index is 6.46. The Morgan fingerprint density at radius 2 is 1.28 bits per heavy atom. The molecule has 29 heavy (non-hydrogen) atoms. The number of rotatable bonds is 2. The molecule has 0 N–H and O–H groups in total. The van der Waals surface area contributed by atoms with Crippen LogP contribution in [0, 0.1) is 0 Å². The third-order valence-corrected chi connectivity index (χ3v) is 6.51. The fourth-order valence-corrected chi connectivity index (χ4v) is 5.27. The van der Waals surface area contributed by atoms with Crippen molar-refractivity contribution in [1.29, 1.82) is 0 Å². The number of benzene rings is 4. The van der Waals surface area contributed by atoms with Gasteiger partial charge >= 0.3 is 0 Å². The van der Waals surface area contributed by atoms with Crippen molar-refractivity contribution in [1.82, 2.24) is 0 Å². The fourth-order valence-electron chi connectivity index (χ4n) is 4.91. The van der Waals surface area contributed by atoms with Gasteiger partial charge in [0.2, 0.25) is 0 Å². The number of fused-ring (bicyclic) bond motifs is 5. The molecule has 1 heterocycles. The zero-order valence-electron chi connectivity index (χ0n) is 15.6. The van der Waals surface area contributed by atoms with Crippen LogP contribution >= 0.6 is 15.9 Å². The van der Waals surface area contributed by atoms with Gasteiger partial charge in [-0.25, -0.2) is 0 Å². The summed E-state index contributed by atoms with van der Waals surface area (Å²) in [7, 11) is 0. The van der Waals surface area contributed by atoms with E-state index in [2.05, 4.69) is 113 Å². The highest BCUT2D eigenvalue weighted by molar-refractivity contribution is 9.10. The standard InChI is InChI=1S/C27H17BrO/c28-20-15-16-21-23(17-20)27(18-9-3-1-4-10-18,19-11-5-2-6-12-19)25-22-13-7-8-14-24(22)29-26(21)25/h1-17H. The number of para-hydroxylation sites is 1. The van der Waals surface area contributed by atoms with Crippen LogP contribution in [-0.4, -0.2) is 0 Å². The van der Waals surface area contributed by atoms with E-state index in [1.165, 1.54) is 27.6 Å². The molecule has 0 unspecified atom stereocenters. The van der Waals surface area contributed by atoms with Crippen LogP contribution < -0.4 is 0 Å². The summed E-state index contributed by atoms with van der Waals surface area (Å²) < 4.78 is 7.53. The lowest BCUT2D eigenvalue weighted by Gasteiger charge is -2.33. The topological polar surface area (TPSA) is 13.1 Å². The molecule has 1 aliphatic carbocycles. The van der Waals surface area contributed by atoms with E-state index in [1.807, 2.05) is 6.07 Å². The Bertz CT molecular complexity index is 1310. The number of hydrogen-bond acceptors (Lipinski definition) is 1. The van der Waals surface area contributed by atoms with Crippen LogP contribution in [0.1, 0.15) is 22.3 Å². The molecule has 0 saturated carbocycles. The number of hydrogen-bond donors (Lipinski definition) is 0. The van der Waals surface area contributed by atoms with E-state index in [0.717, 1.165) is 21.4 Å². The predicted molar refractivity (Wildman–Crippen MR) is 121 cm³/mol. The molecule has 138 valence electrons. The Morgan fingerprint density at radius 1 is 0.655 bits per heavy atom. The van der Waals surface area contributed by atoms with E-state index in [1.54, 1.807) is 0 Å². The van der Waals surface area contributed by atoms with E-state index in [0.29, 0.717) is 0 Å². The van der Waals surface area contributed by atoms with Gasteiger partial charge in [0.05, 0.1) is 5.41 Å². The fraction of sp³-hybridized carbons (Fsp3) is 0.0370. The van der Waals surface area contributed by atoms with Crippen LogP contribution in [0.5, 0.6) is 0 Å². The Labute approximate surface area is 177 Å². The van der Waals surface area contributed by atoms with Gasteiger partial charge in [0.1, 0.15) is 11.3 Å². The second-order valence-electron chi connectivity index (χ2n) is 7.47. The van der Waals surface area contributed by atoms with Crippen LogP contribution in [0.3, 0.4) is 0 Å². The molecular weight excluding hydrogens is 420 g/mol. The smallest absolute Gasteiger partial charge is 0.140 e. The molecule has 6 rings (SSSR count). The summed E-state index contributed by atoms with van der Waals surface area (Å²) in [6, 6.07) is 36.5. The highest BCUT2D eigenvalue weighted by Crippen LogP contribution is 2.59. The minimum absolute atomic E-state index is 0.427. The molecule has 5 aromatic rings. The Morgan fingerprint density at radius 3 is 1.97 bits per heavy atom. The van der Waals surface area contributed by atoms with E-state index >= 15 is 0 Å². The van der Waals surface area contributed by atoms with E-state index in [4.69, 9.17) is 4.42 Å². The Kier molecular flexibility index (Phi) is 3.60. The zero-order chi connectivity index (χ0) is 19.4. The summed E-state index contributed by atoms with van der Waals surface area (Å²) >= 11 is 3.71. The third kappa shape index (κ3) is 2.21. The van der Waals surface area contributed by atoms with Gasteiger partial charge in [0, 0.05) is 21.0 Å². The van der Waals surface area contributed by atoms with Gasteiger partial charge in [-0.2, -0.15) is 0 Å². The summed E-state index contributed by atoms with van der Waals surface area (Å²) in [5, 5.41) is 1.17. The predicted octanol–water partition coefficient (Wildman–Crippen LogP) is 7.56. The highest BCUT2D eigenvalue weighted by Gasteiger charge is 2.49. The van der Waals surface area contributed by atoms with Crippen molar-refractivity contribution in [3.8, 4) is 11.3 Å². The number of halogens is 1. The van der Waals surface area contributed by atoms with Crippen LogP contribution in [0.2, 0.25) is 0 Å². The molecule has 0 radical (unpaired) electrons. The minimum atomic E-state index is -0.427. The summed E-state index contributed by atoms with van der Waals surface area (Å²) in [5.74, 6) is 0.974. The molecule has 0 amide bonds. The Balaban J connectivity index is 1.87. The van der Waals surface area contributed by atoms with Gasteiger partial charge in [-0.3, -0.25) is 0 Å². The second-order valence-corrected chi connectivity index (χ2v) is 8.39. The average Bonchev–Trinajstić information content (AvgIpc) is 3.28.